The number of anilines is 3. The van der Waals surface area contributed by atoms with Crippen LogP contribution in [0, 0.1) is 0 Å². The highest BCUT2D eigenvalue weighted by atomic mass is 15.1. The number of rotatable bonds is 8. The molecule has 1 aliphatic rings. The molecule has 0 spiro atoms. The van der Waals surface area contributed by atoms with Gasteiger partial charge in [-0.3, -0.25) is 0 Å². The van der Waals surface area contributed by atoms with Gasteiger partial charge in [-0.2, -0.15) is 0 Å². The summed E-state index contributed by atoms with van der Waals surface area (Å²) in [7, 11) is 0. The summed E-state index contributed by atoms with van der Waals surface area (Å²) in [6, 6.07) is 82.5. The van der Waals surface area contributed by atoms with E-state index in [9.17, 15) is 0 Å². The van der Waals surface area contributed by atoms with Gasteiger partial charge in [-0.25, -0.2) is 0 Å². The molecule has 0 bridgehead atoms. The molecule has 1 unspecified atom stereocenters. The van der Waals surface area contributed by atoms with E-state index in [-0.39, 0.29) is 0 Å². The Balaban J connectivity index is 0.998. The maximum absolute atomic E-state index is 2.43. The second-order valence-electron chi connectivity index (χ2n) is 16.9. The molecule has 1 heterocycles. The van der Waals surface area contributed by atoms with Crippen molar-refractivity contribution in [3.8, 4) is 39.1 Å². The van der Waals surface area contributed by atoms with Gasteiger partial charge >= 0.3 is 0 Å². The molecule has 12 rings (SSSR count). The largest absolute Gasteiger partial charge is 0.310 e. The van der Waals surface area contributed by atoms with Gasteiger partial charge in [-0.15, -0.1) is 0 Å². The van der Waals surface area contributed by atoms with Crippen molar-refractivity contribution in [1.29, 1.82) is 0 Å². The number of para-hydroxylation sites is 1. The molecule has 0 saturated carbocycles. The van der Waals surface area contributed by atoms with Crippen molar-refractivity contribution in [3.05, 3.63) is 254 Å². The van der Waals surface area contributed by atoms with Gasteiger partial charge in [0.05, 0.1) is 11.0 Å². The SMILES string of the molecule is C1=CCC(c2cccc(-c3ccc(N(c4ccc(-c5cccc6ccccc56)cc4)c4cccc(-c5cccc6c5c5cc7ccccc7cc5n6-c5ccccc5)c4)cc3)c2)C=C1. The van der Waals surface area contributed by atoms with Crippen LogP contribution in [0.4, 0.5) is 17.1 Å². The molecule has 2 heteroatoms. The molecule has 1 atom stereocenters. The lowest BCUT2D eigenvalue weighted by Crippen LogP contribution is -2.10. The average molecular weight is 817 g/mol. The topological polar surface area (TPSA) is 8.17 Å². The highest BCUT2D eigenvalue weighted by Gasteiger charge is 2.20. The zero-order valence-electron chi connectivity index (χ0n) is 35.4. The van der Waals surface area contributed by atoms with E-state index in [1.165, 1.54) is 82.3 Å². The van der Waals surface area contributed by atoms with Crippen LogP contribution in [-0.4, -0.2) is 4.57 Å². The lowest BCUT2D eigenvalue weighted by Gasteiger charge is -2.26. The fourth-order valence-corrected chi connectivity index (χ4v) is 9.96. The van der Waals surface area contributed by atoms with E-state index in [1.54, 1.807) is 0 Å². The van der Waals surface area contributed by atoms with E-state index >= 15 is 0 Å². The summed E-state index contributed by atoms with van der Waals surface area (Å²) in [5.41, 5.74) is 15.4. The predicted octanol–water partition coefficient (Wildman–Crippen LogP) is 17.2. The zero-order valence-corrected chi connectivity index (χ0v) is 35.4. The van der Waals surface area contributed by atoms with Gasteiger partial charge in [-0.05, 0) is 134 Å². The van der Waals surface area contributed by atoms with E-state index in [2.05, 4.69) is 258 Å². The van der Waals surface area contributed by atoms with Crippen molar-refractivity contribution < 1.29 is 0 Å². The Labute approximate surface area is 373 Å². The molecule has 10 aromatic carbocycles. The van der Waals surface area contributed by atoms with E-state index in [0.717, 1.165) is 29.2 Å². The first-order chi connectivity index (χ1) is 31.7. The second kappa shape index (κ2) is 15.9. The third-order valence-electron chi connectivity index (χ3n) is 13.1. The summed E-state index contributed by atoms with van der Waals surface area (Å²) >= 11 is 0. The van der Waals surface area contributed by atoms with Gasteiger partial charge in [0.25, 0.3) is 0 Å². The van der Waals surface area contributed by atoms with Crippen molar-refractivity contribution in [2.45, 2.75) is 12.3 Å². The third kappa shape index (κ3) is 6.68. The number of fused-ring (bicyclic) bond motifs is 5. The molecule has 1 aliphatic carbocycles. The standard InChI is InChI=1S/C62H44N2/c1-3-15-43(16-4-1)47-21-11-22-48(39-47)44-31-35-53(36-32-44)63(54-37-33-46(34-38-54)57-28-13-20-45-17-9-10-27-56(45)57)55-26-12-23-51(40-55)58-29-14-30-60-62(58)59-41-49-18-7-8-19-50(49)42-61(59)64(60)52-24-5-2-6-25-52/h1-15,17-43H,16H2. The van der Waals surface area contributed by atoms with Crippen LogP contribution in [0.3, 0.4) is 0 Å². The first kappa shape index (κ1) is 37.6. The summed E-state index contributed by atoms with van der Waals surface area (Å²) in [5, 5.41) is 7.47. The molecule has 11 aromatic rings. The quantitative estimate of drug-likeness (QED) is 0.148. The van der Waals surface area contributed by atoms with Crippen LogP contribution >= 0.6 is 0 Å². The molecular formula is C62H44N2. The average Bonchev–Trinajstić information content (AvgIpc) is 3.70. The van der Waals surface area contributed by atoms with E-state index < -0.39 is 0 Å². The zero-order chi connectivity index (χ0) is 42.4. The van der Waals surface area contributed by atoms with Gasteiger partial charge in [0, 0.05) is 39.4 Å². The first-order valence-electron chi connectivity index (χ1n) is 22.3. The Hall–Kier alpha value is -8.20. The Morgan fingerprint density at radius 2 is 1.05 bits per heavy atom. The molecule has 64 heavy (non-hydrogen) atoms. The minimum absolute atomic E-state index is 0.406. The number of nitrogens with zero attached hydrogens (tertiary/aromatic N) is 2. The Bertz CT molecular complexity index is 3570. The summed E-state index contributed by atoms with van der Waals surface area (Å²) < 4.78 is 2.43. The fourth-order valence-electron chi connectivity index (χ4n) is 9.96. The van der Waals surface area contributed by atoms with Crippen molar-refractivity contribution in [2.24, 2.45) is 0 Å². The molecule has 0 saturated heterocycles. The minimum atomic E-state index is 0.406. The van der Waals surface area contributed by atoms with Crippen LogP contribution in [0.2, 0.25) is 0 Å². The van der Waals surface area contributed by atoms with Crippen LogP contribution in [-0.2, 0) is 0 Å². The molecule has 0 radical (unpaired) electrons. The van der Waals surface area contributed by atoms with Crippen molar-refractivity contribution in [1.82, 2.24) is 4.57 Å². The maximum Gasteiger partial charge on any atom is 0.0547 e. The van der Waals surface area contributed by atoms with Crippen molar-refractivity contribution >= 4 is 60.4 Å². The van der Waals surface area contributed by atoms with E-state index in [4.69, 9.17) is 0 Å². The second-order valence-corrected chi connectivity index (χ2v) is 16.9. The van der Waals surface area contributed by atoms with Crippen molar-refractivity contribution in [2.75, 3.05) is 4.90 Å². The van der Waals surface area contributed by atoms with Gasteiger partial charge in [0.15, 0.2) is 0 Å². The molecule has 2 nitrogen and oxygen atoms in total. The first-order valence-corrected chi connectivity index (χ1v) is 22.3. The Morgan fingerprint density at radius 3 is 1.84 bits per heavy atom. The lowest BCUT2D eigenvalue weighted by molar-refractivity contribution is 0.854. The summed E-state index contributed by atoms with van der Waals surface area (Å²) in [5.74, 6) is 0.406. The van der Waals surface area contributed by atoms with Crippen LogP contribution in [0.25, 0.3) is 82.4 Å². The smallest absolute Gasteiger partial charge is 0.0547 e. The molecule has 0 aliphatic heterocycles. The van der Waals surface area contributed by atoms with Crippen LogP contribution in [0.1, 0.15) is 17.9 Å². The predicted molar refractivity (Wildman–Crippen MR) is 272 cm³/mol. The Kier molecular flexibility index (Phi) is 9.34. The van der Waals surface area contributed by atoms with Crippen LogP contribution in [0.5, 0.6) is 0 Å². The number of benzene rings is 10. The monoisotopic (exact) mass is 816 g/mol. The summed E-state index contributed by atoms with van der Waals surface area (Å²) in [6.07, 6.45) is 9.91. The summed E-state index contributed by atoms with van der Waals surface area (Å²) in [6.45, 7) is 0. The fraction of sp³-hybridized carbons (Fsp3) is 0.0323. The highest BCUT2D eigenvalue weighted by Crippen LogP contribution is 2.43. The normalized spacial score (nSPS) is 13.6. The van der Waals surface area contributed by atoms with Crippen LogP contribution < -0.4 is 4.90 Å². The number of aromatic nitrogens is 1. The summed E-state index contributed by atoms with van der Waals surface area (Å²) in [4.78, 5) is 2.40. The molecule has 0 N–H and O–H groups in total. The van der Waals surface area contributed by atoms with E-state index in [1.807, 2.05) is 0 Å². The lowest BCUT2D eigenvalue weighted by atomic mass is 9.90. The molecule has 0 amide bonds. The maximum atomic E-state index is 2.43. The molecule has 302 valence electrons. The van der Waals surface area contributed by atoms with Crippen molar-refractivity contribution in [3.63, 3.8) is 0 Å². The molecule has 0 fully saturated rings. The minimum Gasteiger partial charge on any atom is -0.310 e. The number of allylic oxidation sites excluding steroid dienone is 4. The molecule has 1 aromatic heterocycles. The van der Waals surface area contributed by atoms with Crippen LogP contribution in [0.15, 0.2) is 249 Å². The Morgan fingerprint density at radius 1 is 0.391 bits per heavy atom. The number of hydrogen-bond donors (Lipinski definition) is 0. The number of hydrogen-bond acceptors (Lipinski definition) is 1. The van der Waals surface area contributed by atoms with Gasteiger partial charge in [0.1, 0.15) is 0 Å². The third-order valence-corrected chi connectivity index (χ3v) is 13.1. The van der Waals surface area contributed by atoms with Gasteiger partial charge in [0.2, 0.25) is 0 Å². The van der Waals surface area contributed by atoms with E-state index in [0.29, 0.717) is 5.92 Å². The van der Waals surface area contributed by atoms with Gasteiger partial charge < -0.3 is 9.47 Å². The van der Waals surface area contributed by atoms with Gasteiger partial charge in [-0.1, -0.05) is 182 Å². The highest BCUT2D eigenvalue weighted by molar-refractivity contribution is 6.18. The molecular weight excluding hydrogens is 773 g/mol.